The van der Waals surface area contributed by atoms with Gasteiger partial charge in [0.2, 0.25) is 0 Å². The number of rotatable bonds is 6. The van der Waals surface area contributed by atoms with E-state index in [1.54, 1.807) is 30.3 Å². The van der Waals surface area contributed by atoms with E-state index in [9.17, 15) is 16.8 Å². The molecule has 0 aromatic heterocycles. The minimum absolute atomic E-state index is 0.0780. The van der Waals surface area contributed by atoms with Gasteiger partial charge in [-0.1, -0.05) is 35.9 Å². The summed E-state index contributed by atoms with van der Waals surface area (Å²) in [7, 11) is -7.72. The van der Waals surface area contributed by atoms with E-state index in [1.165, 1.54) is 48.5 Å². The second-order valence-corrected chi connectivity index (χ2v) is 9.36. The Morgan fingerprint density at radius 1 is 0.593 bits per heavy atom. The molecule has 0 fully saturated rings. The molecule has 0 atom stereocenters. The molecule has 140 valence electrons. The van der Waals surface area contributed by atoms with Crippen molar-refractivity contribution in [2.45, 2.75) is 9.79 Å². The van der Waals surface area contributed by atoms with Crippen LogP contribution in [0.3, 0.4) is 0 Å². The van der Waals surface area contributed by atoms with Gasteiger partial charge in [-0.05, 0) is 54.6 Å². The first-order valence-electron chi connectivity index (χ1n) is 7.73. The Kier molecular flexibility index (Phi) is 5.41. The van der Waals surface area contributed by atoms with Gasteiger partial charge < -0.3 is 0 Å². The molecule has 0 spiro atoms. The first-order valence-corrected chi connectivity index (χ1v) is 11.1. The molecule has 0 aliphatic rings. The third-order valence-corrected chi connectivity index (χ3v) is 6.57. The molecule has 27 heavy (non-hydrogen) atoms. The normalized spacial score (nSPS) is 11.7. The lowest BCUT2D eigenvalue weighted by Gasteiger charge is -2.11. The monoisotopic (exact) mass is 422 g/mol. The Morgan fingerprint density at radius 3 is 1.81 bits per heavy atom. The van der Waals surface area contributed by atoms with Crippen molar-refractivity contribution in [3.8, 4) is 0 Å². The van der Waals surface area contributed by atoms with Crippen LogP contribution in [0.2, 0.25) is 5.02 Å². The highest BCUT2D eigenvalue weighted by atomic mass is 35.5. The minimum Gasteiger partial charge on any atom is -0.280 e. The van der Waals surface area contributed by atoms with E-state index in [0.29, 0.717) is 10.7 Å². The van der Waals surface area contributed by atoms with Crippen LogP contribution >= 0.6 is 11.6 Å². The van der Waals surface area contributed by atoms with E-state index >= 15 is 0 Å². The van der Waals surface area contributed by atoms with Crippen LogP contribution in [0.4, 0.5) is 11.4 Å². The van der Waals surface area contributed by atoms with Gasteiger partial charge in [0.25, 0.3) is 20.0 Å². The van der Waals surface area contributed by atoms with Gasteiger partial charge in [-0.3, -0.25) is 9.44 Å². The molecule has 0 amide bonds. The van der Waals surface area contributed by atoms with Gasteiger partial charge in [0, 0.05) is 10.7 Å². The fourth-order valence-corrected chi connectivity index (χ4v) is 4.57. The Labute approximate surface area is 162 Å². The average molecular weight is 423 g/mol. The van der Waals surface area contributed by atoms with E-state index in [1.807, 2.05) is 0 Å². The molecule has 0 radical (unpaired) electrons. The second kappa shape index (κ2) is 7.59. The number of benzene rings is 3. The summed E-state index contributed by atoms with van der Waals surface area (Å²) in [5, 5.41) is 0.482. The van der Waals surface area contributed by atoms with Gasteiger partial charge in [-0.2, -0.15) is 0 Å². The SMILES string of the molecule is O=S(=O)(Nc1cccc(S(=O)(=O)Nc2ccc(Cl)cc2)c1)c1ccccc1. The highest BCUT2D eigenvalue weighted by Crippen LogP contribution is 2.22. The summed E-state index contributed by atoms with van der Waals surface area (Å²) in [6.07, 6.45) is 0. The maximum atomic E-state index is 12.6. The van der Waals surface area contributed by atoms with Crippen molar-refractivity contribution in [1.82, 2.24) is 0 Å². The molecule has 0 bridgehead atoms. The van der Waals surface area contributed by atoms with Crippen molar-refractivity contribution < 1.29 is 16.8 Å². The fourth-order valence-electron chi connectivity index (χ4n) is 2.27. The first kappa shape index (κ1) is 19.2. The highest BCUT2D eigenvalue weighted by molar-refractivity contribution is 7.93. The Balaban J connectivity index is 1.85. The van der Waals surface area contributed by atoms with Gasteiger partial charge >= 0.3 is 0 Å². The van der Waals surface area contributed by atoms with Gasteiger partial charge in [0.05, 0.1) is 15.5 Å². The van der Waals surface area contributed by atoms with E-state index in [4.69, 9.17) is 11.6 Å². The van der Waals surface area contributed by atoms with E-state index in [0.717, 1.165) is 0 Å². The summed E-state index contributed by atoms with van der Waals surface area (Å²) in [5.74, 6) is 0. The van der Waals surface area contributed by atoms with Gasteiger partial charge in [0.1, 0.15) is 0 Å². The van der Waals surface area contributed by atoms with Crippen LogP contribution in [0.25, 0.3) is 0 Å². The van der Waals surface area contributed by atoms with Crippen molar-refractivity contribution in [2.24, 2.45) is 0 Å². The van der Waals surface area contributed by atoms with Crippen LogP contribution in [-0.4, -0.2) is 16.8 Å². The number of nitrogens with one attached hydrogen (secondary N) is 2. The fraction of sp³-hybridized carbons (Fsp3) is 0. The molecule has 9 heteroatoms. The number of sulfonamides is 2. The van der Waals surface area contributed by atoms with Crippen LogP contribution in [0.1, 0.15) is 0 Å². The highest BCUT2D eigenvalue weighted by Gasteiger charge is 2.17. The minimum atomic E-state index is -3.90. The summed E-state index contributed by atoms with van der Waals surface area (Å²) in [6.45, 7) is 0. The molecule has 3 aromatic carbocycles. The molecule has 0 saturated carbocycles. The molecule has 0 aliphatic carbocycles. The molecule has 0 unspecified atom stereocenters. The van der Waals surface area contributed by atoms with Crippen molar-refractivity contribution >= 4 is 43.0 Å². The van der Waals surface area contributed by atoms with Crippen molar-refractivity contribution in [3.05, 3.63) is 83.9 Å². The van der Waals surface area contributed by atoms with Crippen LogP contribution in [0, 0.1) is 0 Å². The van der Waals surface area contributed by atoms with E-state index in [2.05, 4.69) is 9.44 Å². The zero-order valence-corrected chi connectivity index (χ0v) is 16.2. The maximum absolute atomic E-state index is 12.6. The third-order valence-electron chi connectivity index (χ3n) is 3.55. The predicted octanol–water partition coefficient (Wildman–Crippen LogP) is 3.94. The van der Waals surface area contributed by atoms with Crippen LogP contribution in [-0.2, 0) is 20.0 Å². The average Bonchev–Trinajstić information content (AvgIpc) is 2.64. The van der Waals surface area contributed by atoms with Crippen molar-refractivity contribution in [3.63, 3.8) is 0 Å². The Bertz CT molecular complexity index is 1150. The van der Waals surface area contributed by atoms with Gasteiger partial charge in [0.15, 0.2) is 0 Å². The Morgan fingerprint density at radius 2 is 1.15 bits per heavy atom. The molecule has 3 rings (SSSR count). The van der Waals surface area contributed by atoms with Gasteiger partial charge in [-0.15, -0.1) is 0 Å². The van der Waals surface area contributed by atoms with Crippen LogP contribution < -0.4 is 9.44 Å². The summed E-state index contributed by atoms with van der Waals surface area (Å²) in [5.41, 5.74) is 0.479. The van der Waals surface area contributed by atoms with Crippen LogP contribution in [0.15, 0.2) is 88.7 Å². The smallest absolute Gasteiger partial charge is 0.261 e. The molecular formula is C18H15ClN2O4S2. The van der Waals surface area contributed by atoms with Crippen LogP contribution in [0.5, 0.6) is 0 Å². The first-order chi connectivity index (χ1) is 12.8. The molecule has 6 nitrogen and oxygen atoms in total. The molecule has 0 saturated heterocycles. The standard InChI is InChI=1S/C18H15ClN2O4S2/c19-14-9-11-15(12-10-14)20-27(24,25)18-8-4-5-16(13-18)21-26(22,23)17-6-2-1-3-7-17/h1-13,20-21H. The summed E-state index contributed by atoms with van der Waals surface area (Å²) < 4.78 is 54.7. The number of hydrogen-bond donors (Lipinski definition) is 2. The second-order valence-electron chi connectivity index (χ2n) is 5.56. The lowest BCUT2D eigenvalue weighted by atomic mass is 10.3. The summed E-state index contributed by atoms with van der Waals surface area (Å²) in [6, 6.07) is 19.5. The number of halogens is 1. The molecule has 0 heterocycles. The lowest BCUT2D eigenvalue weighted by molar-refractivity contribution is 0.598. The quantitative estimate of drug-likeness (QED) is 0.629. The van der Waals surface area contributed by atoms with E-state index in [-0.39, 0.29) is 15.5 Å². The number of anilines is 2. The largest absolute Gasteiger partial charge is 0.280 e. The topological polar surface area (TPSA) is 92.3 Å². The molecule has 3 aromatic rings. The summed E-state index contributed by atoms with van der Waals surface area (Å²) in [4.78, 5) is 0.00302. The third kappa shape index (κ3) is 4.79. The number of hydrogen-bond acceptors (Lipinski definition) is 4. The molecule has 0 aliphatic heterocycles. The van der Waals surface area contributed by atoms with E-state index < -0.39 is 20.0 Å². The zero-order chi connectivity index (χ0) is 19.5. The van der Waals surface area contributed by atoms with Crippen molar-refractivity contribution in [1.29, 1.82) is 0 Å². The lowest BCUT2D eigenvalue weighted by Crippen LogP contribution is -2.15. The van der Waals surface area contributed by atoms with Crippen molar-refractivity contribution in [2.75, 3.05) is 9.44 Å². The summed E-state index contributed by atoms with van der Waals surface area (Å²) >= 11 is 5.79. The molecule has 2 N–H and O–H groups in total. The Hall–Kier alpha value is -2.55. The maximum Gasteiger partial charge on any atom is 0.261 e. The predicted molar refractivity (Wildman–Crippen MR) is 106 cm³/mol. The van der Waals surface area contributed by atoms with Gasteiger partial charge in [-0.25, -0.2) is 16.8 Å². The zero-order valence-electron chi connectivity index (χ0n) is 13.8. The molecular weight excluding hydrogens is 408 g/mol.